The average molecular weight is 215 g/mol. The number of hydrogen-bond donors (Lipinski definition) is 1. The Labute approximate surface area is 96.3 Å². The van der Waals surface area contributed by atoms with Crippen molar-refractivity contribution in [3.8, 4) is 5.75 Å². The summed E-state index contributed by atoms with van der Waals surface area (Å²) in [5.74, 6) is 1.71. The minimum Gasteiger partial charge on any atom is -0.497 e. The Morgan fingerprint density at radius 1 is 1.38 bits per heavy atom. The molecule has 0 aromatic heterocycles. The van der Waals surface area contributed by atoms with Crippen LogP contribution in [0.3, 0.4) is 0 Å². The fraction of sp³-hybridized carbons (Fsp3) is 0.429. The summed E-state index contributed by atoms with van der Waals surface area (Å²) in [7, 11) is 1.71. The minimum atomic E-state index is 0.138. The van der Waals surface area contributed by atoms with E-state index in [-0.39, 0.29) is 5.54 Å². The molecule has 1 atom stereocenters. The zero-order valence-electron chi connectivity index (χ0n) is 9.79. The van der Waals surface area contributed by atoms with Gasteiger partial charge in [0.05, 0.1) is 12.6 Å². The van der Waals surface area contributed by atoms with Gasteiger partial charge in [0.2, 0.25) is 0 Å². The number of fused-ring (bicyclic) bond motifs is 1. The van der Waals surface area contributed by atoms with E-state index in [1.54, 1.807) is 7.11 Å². The van der Waals surface area contributed by atoms with Crippen molar-refractivity contribution in [2.45, 2.75) is 25.3 Å². The van der Waals surface area contributed by atoms with Gasteiger partial charge in [0.1, 0.15) is 5.75 Å². The molecule has 0 amide bonds. The Morgan fingerprint density at radius 2 is 2.19 bits per heavy atom. The van der Waals surface area contributed by atoms with E-state index in [0.29, 0.717) is 0 Å². The maximum absolute atomic E-state index is 5.26. The summed E-state index contributed by atoms with van der Waals surface area (Å²) in [6, 6.07) is 6.19. The number of benzene rings is 1. The van der Waals surface area contributed by atoms with Gasteiger partial charge in [-0.25, -0.2) is 0 Å². The van der Waals surface area contributed by atoms with Gasteiger partial charge >= 0.3 is 0 Å². The van der Waals surface area contributed by atoms with Crippen molar-refractivity contribution >= 4 is 11.8 Å². The molecule has 0 radical (unpaired) electrons. The first-order valence-corrected chi connectivity index (χ1v) is 5.87. The quantitative estimate of drug-likeness (QED) is 0.817. The lowest BCUT2D eigenvalue weighted by Crippen LogP contribution is -2.36. The van der Waals surface area contributed by atoms with Crippen LogP contribution in [0.4, 0.5) is 5.69 Å². The van der Waals surface area contributed by atoms with Crippen molar-refractivity contribution in [2.75, 3.05) is 12.4 Å². The van der Waals surface area contributed by atoms with E-state index < -0.39 is 0 Å². The van der Waals surface area contributed by atoms with Crippen LogP contribution in [-0.2, 0) is 0 Å². The van der Waals surface area contributed by atoms with Gasteiger partial charge in [0, 0.05) is 11.8 Å². The second-order valence-corrected chi connectivity index (χ2v) is 4.97. The topological polar surface area (TPSA) is 21.3 Å². The van der Waals surface area contributed by atoms with Crippen LogP contribution in [0, 0.1) is 5.92 Å². The molecule has 1 aliphatic heterocycles. The van der Waals surface area contributed by atoms with Gasteiger partial charge in [0.25, 0.3) is 0 Å². The molecule has 0 bridgehead atoms. The summed E-state index contributed by atoms with van der Waals surface area (Å²) in [6.45, 7) is 2.28. The molecular weight excluding hydrogens is 198 g/mol. The van der Waals surface area contributed by atoms with Crippen molar-refractivity contribution < 1.29 is 4.74 Å². The molecule has 84 valence electrons. The molecule has 0 saturated heterocycles. The lowest BCUT2D eigenvalue weighted by Gasteiger charge is -2.33. The number of rotatable bonds is 2. The van der Waals surface area contributed by atoms with E-state index in [2.05, 4.69) is 36.5 Å². The third-order valence-electron chi connectivity index (χ3n) is 3.70. The molecule has 1 aromatic rings. The first kappa shape index (κ1) is 9.76. The summed E-state index contributed by atoms with van der Waals surface area (Å²) in [5, 5.41) is 3.64. The normalized spacial score (nSPS) is 27.1. The molecule has 16 heavy (non-hydrogen) atoms. The summed E-state index contributed by atoms with van der Waals surface area (Å²) >= 11 is 0. The molecule has 1 unspecified atom stereocenters. The Balaban J connectivity index is 1.97. The second-order valence-electron chi connectivity index (χ2n) is 4.97. The highest BCUT2D eigenvalue weighted by molar-refractivity contribution is 5.73. The van der Waals surface area contributed by atoms with Crippen molar-refractivity contribution in [1.82, 2.24) is 0 Å². The lowest BCUT2D eigenvalue weighted by atomic mass is 9.90. The zero-order valence-corrected chi connectivity index (χ0v) is 9.79. The third kappa shape index (κ3) is 1.49. The standard InChI is InChI=1S/C14H17NO/c1-14(11-4-5-11)8-7-10-3-6-12(16-2)9-13(10)15-14/h3,6-9,11,15H,4-5H2,1-2H3. The van der Waals surface area contributed by atoms with E-state index in [0.717, 1.165) is 11.7 Å². The molecule has 2 heteroatoms. The predicted octanol–water partition coefficient (Wildman–Crippen LogP) is 3.30. The summed E-state index contributed by atoms with van der Waals surface area (Å²) < 4.78 is 5.26. The van der Waals surface area contributed by atoms with Gasteiger partial charge in [-0.15, -0.1) is 0 Å². The summed E-state index contributed by atoms with van der Waals surface area (Å²) in [4.78, 5) is 0. The molecule has 1 heterocycles. The average Bonchev–Trinajstić information content (AvgIpc) is 3.12. The number of nitrogens with one attached hydrogen (secondary N) is 1. The van der Waals surface area contributed by atoms with Crippen LogP contribution in [0.5, 0.6) is 5.75 Å². The minimum absolute atomic E-state index is 0.138. The molecule has 3 rings (SSSR count). The number of ether oxygens (including phenoxy) is 1. The predicted molar refractivity (Wildman–Crippen MR) is 66.8 cm³/mol. The maximum Gasteiger partial charge on any atom is 0.120 e. The van der Waals surface area contributed by atoms with Crippen LogP contribution < -0.4 is 10.1 Å². The number of hydrogen-bond acceptors (Lipinski definition) is 2. The second kappa shape index (κ2) is 3.27. The van der Waals surface area contributed by atoms with E-state index >= 15 is 0 Å². The Bertz CT molecular complexity index is 448. The fourth-order valence-electron chi connectivity index (χ4n) is 2.43. The van der Waals surface area contributed by atoms with Crippen LogP contribution >= 0.6 is 0 Å². The monoisotopic (exact) mass is 215 g/mol. The number of methoxy groups -OCH3 is 1. The summed E-state index contributed by atoms with van der Waals surface area (Å²) in [6.07, 6.45) is 7.21. The Morgan fingerprint density at radius 3 is 2.88 bits per heavy atom. The van der Waals surface area contributed by atoms with Gasteiger partial charge in [-0.3, -0.25) is 0 Å². The molecule has 1 N–H and O–H groups in total. The van der Waals surface area contributed by atoms with Crippen LogP contribution in [0.1, 0.15) is 25.3 Å². The summed E-state index contributed by atoms with van der Waals surface area (Å²) in [5.41, 5.74) is 2.58. The van der Waals surface area contributed by atoms with Crippen molar-refractivity contribution in [1.29, 1.82) is 0 Å². The molecule has 1 fully saturated rings. The van der Waals surface area contributed by atoms with Crippen molar-refractivity contribution in [3.05, 3.63) is 29.8 Å². The van der Waals surface area contributed by atoms with Gasteiger partial charge < -0.3 is 10.1 Å². The maximum atomic E-state index is 5.26. The molecule has 1 saturated carbocycles. The van der Waals surface area contributed by atoms with Crippen LogP contribution in [0.25, 0.3) is 6.08 Å². The van der Waals surface area contributed by atoms with Gasteiger partial charge in [0.15, 0.2) is 0 Å². The van der Waals surface area contributed by atoms with Gasteiger partial charge in [-0.1, -0.05) is 12.2 Å². The molecule has 0 spiro atoms. The van der Waals surface area contributed by atoms with E-state index in [1.165, 1.54) is 24.1 Å². The molecular formula is C14H17NO. The van der Waals surface area contributed by atoms with Crippen molar-refractivity contribution in [2.24, 2.45) is 5.92 Å². The Hall–Kier alpha value is -1.44. The first-order chi connectivity index (χ1) is 7.71. The van der Waals surface area contributed by atoms with Crippen LogP contribution in [0.15, 0.2) is 24.3 Å². The molecule has 1 aliphatic carbocycles. The highest BCUT2D eigenvalue weighted by Crippen LogP contribution is 2.45. The molecule has 2 nitrogen and oxygen atoms in total. The van der Waals surface area contributed by atoms with E-state index in [4.69, 9.17) is 4.74 Å². The largest absolute Gasteiger partial charge is 0.497 e. The fourth-order valence-corrected chi connectivity index (χ4v) is 2.43. The number of anilines is 1. The van der Waals surface area contributed by atoms with Gasteiger partial charge in [-0.05, 0) is 43.4 Å². The van der Waals surface area contributed by atoms with Crippen LogP contribution in [-0.4, -0.2) is 12.6 Å². The molecule has 2 aliphatic rings. The Kier molecular flexibility index (Phi) is 2.00. The zero-order chi connectivity index (χ0) is 11.2. The SMILES string of the molecule is COc1ccc2c(c1)NC(C)(C1CC1)C=C2. The third-order valence-corrected chi connectivity index (χ3v) is 3.70. The first-order valence-electron chi connectivity index (χ1n) is 5.87. The highest BCUT2D eigenvalue weighted by Gasteiger charge is 2.40. The van der Waals surface area contributed by atoms with Gasteiger partial charge in [-0.2, -0.15) is 0 Å². The van der Waals surface area contributed by atoms with E-state index in [1.807, 2.05) is 6.07 Å². The van der Waals surface area contributed by atoms with E-state index in [9.17, 15) is 0 Å². The molecule has 1 aromatic carbocycles. The van der Waals surface area contributed by atoms with Crippen LogP contribution in [0.2, 0.25) is 0 Å². The smallest absolute Gasteiger partial charge is 0.120 e. The highest BCUT2D eigenvalue weighted by atomic mass is 16.5. The lowest BCUT2D eigenvalue weighted by molar-refractivity contribution is 0.414. The van der Waals surface area contributed by atoms with Crippen molar-refractivity contribution in [3.63, 3.8) is 0 Å².